The quantitative estimate of drug-likeness (QED) is 0.541. The van der Waals surface area contributed by atoms with Crippen molar-refractivity contribution in [2.24, 2.45) is 0 Å². The van der Waals surface area contributed by atoms with E-state index in [1.165, 1.54) is 0 Å². The molecule has 0 aliphatic heterocycles. The van der Waals surface area contributed by atoms with Gasteiger partial charge in [0, 0.05) is 0 Å². The number of aliphatic carboxylic acids is 1. The van der Waals surface area contributed by atoms with Crippen LogP contribution < -0.4 is 0 Å². The SMILES string of the molecule is CC(C)(C)[Si](C)(C)OC(O)C(=O)O. The zero-order valence-electron chi connectivity index (χ0n) is 8.79. The Labute approximate surface area is 79.7 Å². The molecule has 78 valence electrons. The van der Waals surface area contributed by atoms with Crippen LogP contribution in [0.5, 0.6) is 0 Å². The number of carboxylic acids is 1. The molecule has 0 radical (unpaired) electrons. The molecule has 0 saturated carbocycles. The summed E-state index contributed by atoms with van der Waals surface area (Å²) in [5.41, 5.74) is 0. The molecule has 5 heteroatoms. The van der Waals surface area contributed by atoms with Crippen molar-refractivity contribution in [3.8, 4) is 0 Å². The molecule has 0 saturated heterocycles. The summed E-state index contributed by atoms with van der Waals surface area (Å²) in [6, 6.07) is 0. The Balaban J connectivity index is 4.43. The minimum Gasteiger partial charge on any atom is -0.478 e. The van der Waals surface area contributed by atoms with Crippen LogP contribution in [0.25, 0.3) is 0 Å². The highest BCUT2D eigenvalue weighted by Gasteiger charge is 2.40. The van der Waals surface area contributed by atoms with Gasteiger partial charge in [-0.05, 0) is 18.1 Å². The molecule has 0 bridgehead atoms. The summed E-state index contributed by atoms with van der Waals surface area (Å²) in [6.45, 7) is 9.72. The van der Waals surface area contributed by atoms with Gasteiger partial charge in [0.05, 0.1) is 0 Å². The van der Waals surface area contributed by atoms with Crippen molar-refractivity contribution in [1.82, 2.24) is 0 Å². The Morgan fingerprint density at radius 1 is 1.38 bits per heavy atom. The second-order valence-corrected chi connectivity index (χ2v) is 9.33. The zero-order valence-corrected chi connectivity index (χ0v) is 9.79. The van der Waals surface area contributed by atoms with Crippen molar-refractivity contribution in [2.45, 2.75) is 45.2 Å². The van der Waals surface area contributed by atoms with E-state index in [1.54, 1.807) is 0 Å². The lowest BCUT2D eigenvalue weighted by atomic mass is 10.2. The maximum Gasteiger partial charge on any atom is 0.359 e. The average Bonchev–Trinajstić information content (AvgIpc) is 1.83. The van der Waals surface area contributed by atoms with Crippen LogP contribution in [0.2, 0.25) is 18.1 Å². The summed E-state index contributed by atoms with van der Waals surface area (Å²) in [6.07, 6.45) is -1.69. The van der Waals surface area contributed by atoms with Crippen LogP contribution in [0.1, 0.15) is 20.8 Å². The van der Waals surface area contributed by atoms with Crippen LogP contribution in [0.15, 0.2) is 0 Å². The lowest BCUT2D eigenvalue weighted by molar-refractivity contribution is -0.163. The van der Waals surface area contributed by atoms with Gasteiger partial charge in [-0.15, -0.1) is 0 Å². The standard InChI is InChI=1S/C8H18O4Si/c1-8(2,3)13(4,5)12-7(11)6(9)10/h7,11H,1-5H3,(H,9,10). The van der Waals surface area contributed by atoms with E-state index in [0.717, 1.165) is 0 Å². The fourth-order valence-electron chi connectivity index (χ4n) is 0.506. The lowest BCUT2D eigenvalue weighted by Gasteiger charge is -2.36. The van der Waals surface area contributed by atoms with E-state index in [0.29, 0.717) is 0 Å². The number of carboxylic acid groups (broad SMARTS) is 1. The predicted octanol–water partition coefficient (Wildman–Crippen LogP) is 1.41. The number of aliphatic hydroxyl groups is 1. The first-order valence-electron chi connectivity index (χ1n) is 4.16. The maximum absolute atomic E-state index is 10.4. The van der Waals surface area contributed by atoms with Gasteiger partial charge in [-0.3, -0.25) is 0 Å². The first-order chi connectivity index (χ1) is 5.58. The molecular weight excluding hydrogens is 188 g/mol. The molecule has 13 heavy (non-hydrogen) atoms. The zero-order chi connectivity index (χ0) is 10.9. The molecule has 0 heterocycles. The Bertz CT molecular complexity index is 195. The second kappa shape index (κ2) is 3.77. The van der Waals surface area contributed by atoms with Gasteiger partial charge in [0.15, 0.2) is 8.32 Å². The number of rotatable bonds is 3. The van der Waals surface area contributed by atoms with Gasteiger partial charge in [-0.2, -0.15) is 0 Å². The minimum atomic E-state index is -2.16. The summed E-state index contributed by atoms with van der Waals surface area (Å²) in [5.74, 6) is -1.33. The average molecular weight is 206 g/mol. The van der Waals surface area contributed by atoms with Gasteiger partial charge in [0.25, 0.3) is 0 Å². The van der Waals surface area contributed by atoms with Crippen LogP contribution in [-0.2, 0) is 9.22 Å². The topological polar surface area (TPSA) is 66.8 Å². The molecule has 0 aromatic heterocycles. The Morgan fingerprint density at radius 2 is 1.77 bits per heavy atom. The van der Waals surface area contributed by atoms with E-state index in [4.69, 9.17) is 14.6 Å². The molecule has 1 unspecified atom stereocenters. The molecule has 0 aliphatic rings. The Kier molecular flexibility index (Phi) is 3.66. The largest absolute Gasteiger partial charge is 0.478 e. The monoisotopic (exact) mass is 206 g/mol. The summed E-state index contributed by atoms with van der Waals surface area (Å²) in [5, 5.41) is 17.4. The molecule has 2 N–H and O–H groups in total. The molecule has 0 rings (SSSR count). The van der Waals surface area contributed by atoms with Crippen LogP contribution in [0, 0.1) is 0 Å². The van der Waals surface area contributed by atoms with Crippen LogP contribution in [0.3, 0.4) is 0 Å². The normalized spacial score (nSPS) is 15.5. The summed E-state index contributed by atoms with van der Waals surface area (Å²) >= 11 is 0. The first-order valence-corrected chi connectivity index (χ1v) is 7.07. The van der Waals surface area contributed by atoms with E-state index in [9.17, 15) is 4.79 Å². The smallest absolute Gasteiger partial charge is 0.359 e. The van der Waals surface area contributed by atoms with Gasteiger partial charge in [-0.25, -0.2) is 4.79 Å². The summed E-state index contributed by atoms with van der Waals surface area (Å²) in [4.78, 5) is 10.4. The maximum atomic E-state index is 10.4. The van der Waals surface area contributed by atoms with Crippen molar-refractivity contribution in [1.29, 1.82) is 0 Å². The van der Waals surface area contributed by atoms with Gasteiger partial charge >= 0.3 is 5.97 Å². The van der Waals surface area contributed by atoms with E-state index in [1.807, 2.05) is 33.9 Å². The third-order valence-corrected chi connectivity index (χ3v) is 6.85. The van der Waals surface area contributed by atoms with Crippen molar-refractivity contribution in [3.63, 3.8) is 0 Å². The molecule has 0 spiro atoms. The van der Waals surface area contributed by atoms with Crippen LogP contribution in [-0.4, -0.2) is 30.8 Å². The highest BCUT2D eigenvalue weighted by Crippen LogP contribution is 2.36. The highest BCUT2D eigenvalue weighted by atomic mass is 28.4. The van der Waals surface area contributed by atoms with Crippen molar-refractivity contribution >= 4 is 14.3 Å². The molecule has 0 amide bonds. The molecule has 1 atom stereocenters. The summed E-state index contributed by atoms with van der Waals surface area (Å²) < 4.78 is 5.16. The number of carbonyl (C=O) groups is 1. The molecule has 0 aromatic rings. The number of aliphatic hydroxyl groups excluding tert-OH is 1. The fraction of sp³-hybridized carbons (Fsp3) is 0.875. The highest BCUT2D eigenvalue weighted by molar-refractivity contribution is 6.74. The van der Waals surface area contributed by atoms with Crippen molar-refractivity contribution < 1.29 is 19.4 Å². The van der Waals surface area contributed by atoms with Gasteiger partial charge in [0.1, 0.15) is 0 Å². The molecule has 4 nitrogen and oxygen atoms in total. The summed E-state index contributed by atoms with van der Waals surface area (Å²) in [7, 11) is -2.16. The molecule has 0 aliphatic carbocycles. The Hall–Kier alpha value is -0.393. The number of hydrogen-bond acceptors (Lipinski definition) is 3. The fourth-order valence-corrected chi connectivity index (χ4v) is 1.52. The van der Waals surface area contributed by atoms with Crippen LogP contribution in [0.4, 0.5) is 0 Å². The third-order valence-electron chi connectivity index (χ3n) is 2.42. The Morgan fingerprint density at radius 3 is 2.00 bits per heavy atom. The third kappa shape index (κ3) is 3.46. The van der Waals surface area contributed by atoms with E-state index >= 15 is 0 Å². The lowest BCUT2D eigenvalue weighted by Crippen LogP contribution is -2.46. The van der Waals surface area contributed by atoms with Gasteiger partial charge in [0.2, 0.25) is 6.29 Å². The van der Waals surface area contributed by atoms with Gasteiger partial charge in [-0.1, -0.05) is 20.8 Å². The minimum absolute atomic E-state index is 0.0938. The van der Waals surface area contributed by atoms with Gasteiger partial charge < -0.3 is 14.6 Å². The van der Waals surface area contributed by atoms with Crippen molar-refractivity contribution in [2.75, 3.05) is 0 Å². The van der Waals surface area contributed by atoms with E-state index < -0.39 is 20.6 Å². The second-order valence-electron chi connectivity index (χ2n) is 4.57. The molecule has 0 aromatic carbocycles. The van der Waals surface area contributed by atoms with Crippen LogP contribution >= 0.6 is 0 Å². The van der Waals surface area contributed by atoms with E-state index in [-0.39, 0.29) is 5.04 Å². The first kappa shape index (κ1) is 12.6. The number of hydrogen-bond donors (Lipinski definition) is 2. The predicted molar refractivity (Wildman–Crippen MR) is 51.9 cm³/mol. The van der Waals surface area contributed by atoms with Crippen molar-refractivity contribution in [3.05, 3.63) is 0 Å². The molecule has 0 fully saturated rings. The van der Waals surface area contributed by atoms with E-state index in [2.05, 4.69) is 0 Å². The molecular formula is C8H18O4Si.